The summed E-state index contributed by atoms with van der Waals surface area (Å²) in [6.07, 6.45) is -0.170. The molecule has 0 unspecified atom stereocenters. The molecule has 0 saturated heterocycles. The molecule has 0 aromatic heterocycles. The standard InChI is InChI=1S/C5H10N2O4/c6-3(5(10)7-11)1-2-4(8)9/h3,11H,1-2,6H2,(H,7,10)(H,8,9)/t3-/m0/s1. The Balaban J connectivity index is 3.60. The first-order valence-corrected chi connectivity index (χ1v) is 2.99. The molecule has 0 aliphatic heterocycles. The van der Waals surface area contributed by atoms with E-state index in [1.807, 2.05) is 0 Å². The number of carbonyl (C=O) groups excluding carboxylic acids is 1. The predicted molar refractivity (Wildman–Crippen MR) is 34.8 cm³/mol. The monoisotopic (exact) mass is 162 g/mol. The highest BCUT2D eigenvalue weighted by atomic mass is 16.5. The number of carbonyl (C=O) groups is 2. The van der Waals surface area contributed by atoms with Gasteiger partial charge in [-0.3, -0.25) is 14.8 Å². The molecule has 0 aliphatic carbocycles. The van der Waals surface area contributed by atoms with Gasteiger partial charge in [0.15, 0.2) is 0 Å². The van der Waals surface area contributed by atoms with Crippen LogP contribution in [0.3, 0.4) is 0 Å². The third-order valence-corrected chi connectivity index (χ3v) is 1.12. The van der Waals surface area contributed by atoms with E-state index in [-0.39, 0.29) is 12.8 Å². The Hall–Kier alpha value is -1.14. The Bertz CT molecular complexity index is 159. The zero-order chi connectivity index (χ0) is 8.85. The van der Waals surface area contributed by atoms with E-state index < -0.39 is 17.9 Å². The van der Waals surface area contributed by atoms with Gasteiger partial charge >= 0.3 is 5.97 Å². The molecule has 0 saturated carbocycles. The van der Waals surface area contributed by atoms with Crippen molar-refractivity contribution in [3.05, 3.63) is 0 Å². The smallest absolute Gasteiger partial charge is 0.303 e. The molecule has 0 rings (SSSR count). The van der Waals surface area contributed by atoms with E-state index in [1.54, 1.807) is 0 Å². The topological polar surface area (TPSA) is 113 Å². The molecule has 0 aromatic carbocycles. The van der Waals surface area contributed by atoms with Crippen molar-refractivity contribution >= 4 is 11.9 Å². The number of amides is 1. The van der Waals surface area contributed by atoms with Crippen molar-refractivity contribution in [3.63, 3.8) is 0 Å². The first kappa shape index (κ1) is 9.86. The van der Waals surface area contributed by atoms with Crippen LogP contribution in [0.4, 0.5) is 0 Å². The summed E-state index contributed by atoms with van der Waals surface area (Å²) in [5.41, 5.74) is 6.47. The average Bonchev–Trinajstić information content (AvgIpc) is 1.98. The van der Waals surface area contributed by atoms with Crippen LogP contribution in [0.15, 0.2) is 0 Å². The highest BCUT2D eigenvalue weighted by Gasteiger charge is 2.13. The van der Waals surface area contributed by atoms with Gasteiger partial charge in [0.05, 0.1) is 6.04 Å². The van der Waals surface area contributed by atoms with Crippen molar-refractivity contribution in [3.8, 4) is 0 Å². The number of hydroxylamine groups is 1. The van der Waals surface area contributed by atoms with Crippen LogP contribution in [0, 0.1) is 0 Å². The van der Waals surface area contributed by atoms with Gasteiger partial charge in [0, 0.05) is 6.42 Å². The number of carboxylic acids is 1. The van der Waals surface area contributed by atoms with E-state index in [9.17, 15) is 9.59 Å². The zero-order valence-electron chi connectivity index (χ0n) is 5.78. The number of aliphatic carboxylic acids is 1. The molecule has 5 N–H and O–H groups in total. The maximum Gasteiger partial charge on any atom is 0.303 e. The fourth-order valence-electron chi connectivity index (χ4n) is 0.493. The zero-order valence-corrected chi connectivity index (χ0v) is 5.78. The number of carboxylic acid groups (broad SMARTS) is 1. The van der Waals surface area contributed by atoms with Crippen LogP contribution in [-0.2, 0) is 9.59 Å². The lowest BCUT2D eigenvalue weighted by molar-refractivity contribution is -0.137. The summed E-state index contributed by atoms with van der Waals surface area (Å²) >= 11 is 0. The van der Waals surface area contributed by atoms with Crippen LogP contribution >= 0.6 is 0 Å². The first-order chi connectivity index (χ1) is 5.07. The molecule has 0 radical (unpaired) electrons. The van der Waals surface area contributed by atoms with E-state index in [1.165, 1.54) is 5.48 Å². The summed E-state index contributed by atoms with van der Waals surface area (Å²) in [6.45, 7) is 0. The Labute approximate surface area is 63.0 Å². The average molecular weight is 162 g/mol. The molecule has 11 heavy (non-hydrogen) atoms. The van der Waals surface area contributed by atoms with Gasteiger partial charge < -0.3 is 10.8 Å². The van der Waals surface area contributed by atoms with Gasteiger partial charge in [-0.2, -0.15) is 0 Å². The molecule has 0 aromatic rings. The third-order valence-electron chi connectivity index (χ3n) is 1.12. The van der Waals surface area contributed by atoms with Crippen LogP contribution in [0.5, 0.6) is 0 Å². The molecule has 6 nitrogen and oxygen atoms in total. The van der Waals surface area contributed by atoms with Crippen molar-refractivity contribution in [1.29, 1.82) is 0 Å². The molecule has 0 aliphatic rings. The quantitative estimate of drug-likeness (QED) is 0.302. The maximum atomic E-state index is 10.4. The highest BCUT2D eigenvalue weighted by molar-refractivity contribution is 5.80. The number of nitrogens with two attached hydrogens (primary N) is 1. The lowest BCUT2D eigenvalue weighted by Gasteiger charge is -2.05. The highest BCUT2D eigenvalue weighted by Crippen LogP contribution is 1.93. The van der Waals surface area contributed by atoms with Crippen LogP contribution in [0.25, 0.3) is 0 Å². The minimum Gasteiger partial charge on any atom is -0.481 e. The largest absolute Gasteiger partial charge is 0.481 e. The second kappa shape index (κ2) is 4.64. The summed E-state index contributed by atoms with van der Waals surface area (Å²) in [4.78, 5) is 20.4. The van der Waals surface area contributed by atoms with Gasteiger partial charge in [0.2, 0.25) is 0 Å². The summed E-state index contributed by atoms with van der Waals surface area (Å²) in [5, 5.41) is 16.2. The number of hydrogen-bond donors (Lipinski definition) is 4. The van der Waals surface area contributed by atoms with Crippen molar-refractivity contribution in [2.45, 2.75) is 18.9 Å². The van der Waals surface area contributed by atoms with E-state index in [2.05, 4.69) is 0 Å². The van der Waals surface area contributed by atoms with Crippen LogP contribution in [-0.4, -0.2) is 28.2 Å². The molecule has 0 bridgehead atoms. The van der Waals surface area contributed by atoms with E-state index in [4.69, 9.17) is 16.0 Å². The van der Waals surface area contributed by atoms with Gasteiger partial charge in [0.25, 0.3) is 5.91 Å². The van der Waals surface area contributed by atoms with Gasteiger partial charge in [-0.05, 0) is 6.42 Å². The van der Waals surface area contributed by atoms with Gasteiger partial charge in [0.1, 0.15) is 0 Å². The molecular weight excluding hydrogens is 152 g/mol. The molecular formula is C5H10N2O4. The Morgan fingerprint density at radius 2 is 2.09 bits per heavy atom. The minimum atomic E-state index is -1.02. The summed E-state index contributed by atoms with van der Waals surface area (Å²) in [6, 6.07) is -0.962. The molecule has 0 spiro atoms. The lowest BCUT2D eigenvalue weighted by atomic mass is 10.1. The maximum absolute atomic E-state index is 10.4. The Morgan fingerprint density at radius 1 is 1.55 bits per heavy atom. The summed E-state index contributed by atoms with van der Waals surface area (Å²) in [7, 11) is 0. The van der Waals surface area contributed by atoms with Gasteiger partial charge in [-0.25, -0.2) is 5.48 Å². The molecule has 1 atom stereocenters. The Kier molecular flexibility index (Phi) is 4.16. The Morgan fingerprint density at radius 3 is 2.45 bits per heavy atom. The van der Waals surface area contributed by atoms with Crippen molar-refractivity contribution in [2.75, 3.05) is 0 Å². The van der Waals surface area contributed by atoms with E-state index in [0.29, 0.717) is 0 Å². The summed E-state index contributed by atoms with van der Waals surface area (Å²) in [5.74, 6) is -1.79. The molecule has 64 valence electrons. The second-order valence-electron chi connectivity index (χ2n) is 2.01. The van der Waals surface area contributed by atoms with Gasteiger partial charge in [-0.15, -0.1) is 0 Å². The SMILES string of the molecule is N[C@@H](CCC(=O)O)C(=O)NO. The van der Waals surface area contributed by atoms with Crippen molar-refractivity contribution in [1.82, 2.24) is 5.48 Å². The van der Waals surface area contributed by atoms with Crippen LogP contribution in [0.1, 0.15) is 12.8 Å². The van der Waals surface area contributed by atoms with Crippen LogP contribution in [0.2, 0.25) is 0 Å². The number of nitrogens with one attached hydrogen (secondary N) is 1. The predicted octanol–water partition coefficient (Wildman–Crippen LogP) is -1.32. The molecule has 6 heteroatoms. The number of rotatable bonds is 4. The number of hydrogen-bond acceptors (Lipinski definition) is 4. The lowest BCUT2D eigenvalue weighted by Crippen LogP contribution is -2.39. The van der Waals surface area contributed by atoms with Gasteiger partial charge in [-0.1, -0.05) is 0 Å². The normalized spacial score (nSPS) is 12.2. The molecule has 0 fully saturated rings. The fourth-order valence-corrected chi connectivity index (χ4v) is 0.493. The van der Waals surface area contributed by atoms with Crippen molar-refractivity contribution < 1.29 is 19.9 Å². The first-order valence-electron chi connectivity index (χ1n) is 2.99. The molecule has 0 heterocycles. The van der Waals surface area contributed by atoms with Crippen molar-refractivity contribution in [2.24, 2.45) is 5.73 Å². The fraction of sp³-hybridized carbons (Fsp3) is 0.600. The second-order valence-corrected chi connectivity index (χ2v) is 2.01. The summed E-state index contributed by atoms with van der Waals surface area (Å²) < 4.78 is 0. The minimum absolute atomic E-state index is 0.0156. The third kappa shape index (κ3) is 4.29. The van der Waals surface area contributed by atoms with E-state index in [0.717, 1.165) is 0 Å². The molecule has 1 amide bonds. The van der Waals surface area contributed by atoms with Crippen LogP contribution < -0.4 is 11.2 Å². The van der Waals surface area contributed by atoms with E-state index >= 15 is 0 Å².